The highest BCUT2D eigenvalue weighted by Crippen LogP contribution is 2.30. The van der Waals surface area contributed by atoms with Gasteiger partial charge in [-0.3, -0.25) is 9.80 Å². The Bertz CT molecular complexity index is 739. The average Bonchev–Trinajstić information content (AvgIpc) is 2.99. The largest absolute Gasteiger partial charge is 0.463 e. The molecule has 3 unspecified atom stereocenters. The van der Waals surface area contributed by atoms with Crippen LogP contribution in [-0.4, -0.2) is 97.3 Å². The molecule has 2 bridgehead atoms. The number of carbonyl (C=O) groups is 1. The third-order valence-corrected chi connectivity index (χ3v) is 5.94. The van der Waals surface area contributed by atoms with Crippen LogP contribution in [0.4, 0.5) is 4.79 Å². The van der Waals surface area contributed by atoms with Gasteiger partial charge < -0.3 is 19.4 Å². The quantitative estimate of drug-likeness (QED) is 0.419. The number of carboxylic acid groups (broad SMARTS) is 1. The van der Waals surface area contributed by atoms with E-state index in [1.165, 1.54) is 0 Å². The Balaban J connectivity index is 1.52. The van der Waals surface area contributed by atoms with E-state index in [-0.39, 0.29) is 6.04 Å². The second-order valence-corrected chi connectivity index (χ2v) is 8.13. The monoisotopic (exact) mass is 432 g/mol. The Hall–Kier alpha value is -2.38. The number of hydroxylamine groups is 2. The minimum Gasteiger partial charge on any atom is -0.463 e. The molecule has 1 N–H and O–H groups in total. The van der Waals surface area contributed by atoms with Gasteiger partial charge in [0.2, 0.25) is 0 Å². The minimum absolute atomic E-state index is 0.333. The molecule has 0 saturated carbocycles. The van der Waals surface area contributed by atoms with E-state index in [0.29, 0.717) is 49.8 Å². The van der Waals surface area contributed by atoms with Crippen molar-refractivity contribution in [1.29, 1.82) is 5.26 Å². The summed E-state index contributed by atoms with van der Waals surface area (Å²) < 4.78 is 10.6. The fourth-order valence-electron chi connectivity index (χ4n) is 4.40. The summed E-state index contributed by atoms with van der Waals surface area (Å²) in [6, 6.07) is 8.99. The molecule has 0 aromatic heterocycles. The second-order valence-electron chi connectivity index (χ2n) is 8.13. The van der Waals surface area contributed by atoms with Gasteiger partial charge in [0.1, 0.15) is 0 Å². The van der Waals surface area contributed by atoms with E-state index in [0.717, 1.165) is 37.5 Å². The summed E-state index contributed by atoms with van der Waals surface area (Å²) in [7, 11) is 1.67. The highest BCUT2D eigenvalue weighted by molar-refractivity contribution is 5.64. The van der Waals surface area contributed by atoms with Crippen molar-refractivity contribution >= 4 is 6.09 Å². The lowest BCUT2D eigenvalue weighted by Gasteiger charge is -2.42. The molecule has 170 valence electrons. The Morgan fingerprint density at radius 2 is 1.90 bits per heavy atom. The predicted molar refractivity (Wildman–Crippen MR) is 114 cm³/mol. The van der Waals surface area contributed by atoms with Gasteiger partial charge in [0, 0.05) is 45.4 Å². The fourth-order valence-corrected chi connectivity index (χ4v) is 4.40. The zero-order chi connectivity index (χ0) is 22.2. The van der Waals surface area contributed by atoms with Gasteiger partial charge in [-0.15, -0.1) is 5.06 Å². The van der Waals surface area contributed by atoms with Crippen LogP contribution in [0.2, 0.25) is 0 Å². The number of nitrogens with zero attached hydrogens (tertiary/aromatic N) is 4. The van der Waals surface area contributed by atoms with Crippen LogP contribution in [0.1, 0.15) is 25.3 Å². The molecule has 2 saturated heterocycles. The summed E-state index contributed by atoms with van der Waals surface area (Å²) in [6.07, 6.45) is 1.13. The van der Waals surface area contributed by atoms with Crippen molar-refractivity contribution < 1.29 is 24.2 Å². The Labute approximate surface area is 183 Å². The Kier molecular flexibility index (Phi) is 8.49. The number of likely N-dealkylation sites (tertiary alicyclic amines) is 1. The van der Waals surface area contributed by atoms with Gasteiger partial charge in [0.25, 0.3) is 0 Å². The molecule has 3 atom stereocenters. The number of nitriles is 1. The molecule has 0 spiro atoms. The highest BCUT2D eigenvalue weighted by Gasteiger charge is 2.41. The molecule has 31 heavy (non-hydrogen) atoms. The van der Waals surface area contributed by atoms with Crippen LogP contribution < -0.4 is 4.84 Å². The number of ether oxygens (including phenoxy) is 2. The lowest BCUT2D eigenvalue weighted by molar-refractivity contribution is -0.0787. The standard InChI is InChI=1S/C22H32N4O5/c1-17(26(22(27)28)31-21-7-3-18(13-23)4-8-21)14-25-19-5-6-20(25)16-24(15-19)9-10-30-12-11-29-2/h3-4,7-8,17,19-20H,5-6,9-12,14-16H2,1-2H3,(H,27,28). The van der Waals surface area contributed by atoms with Crippen molar-refractivity contribution in [1.82, 2.24) is 14.9 Å². The highest BCUT2D eigenvalue weighted by atomic mass is 16.7. The lowest BCUT2D eigenvalue weighted by Crippen LogP contribution is -2.57. The first-order valence-corrected chi connectivity index (χ1v) is 10.8. The van der Waals surface area contributed by atoms with Gasteiger partial charge in [0.15, 0.2) is 5.75 Å². The van der Waals surface area contributed by atoms with Crippen molar-refractivity contribution in [2.45, 2.75) is 37.9 Å². The van der Waals surface area contributed by atoms with E-state index in [4.69, 9.17) is 19.6 Å². The van der Waals surface area contributed by atoms with Gasteiger partial charge in [-0.05, 0) is 44.0 Å². The van der Waals surface area contributed by atoms with Crippen LogP contribution in [0.25, 0.3) is 0 Å². The van der Waals surface area contributed by atoms with Crippen LogP contribution >= 0.6 is 0 Å². The summed E-state index contributed by atoms with van der Waals surface area (Å²) in [5, 5.41) is 19.6. The summed E-state index contributed by atoms with van der Waals surface area (Å²) in [6.45, 7) is 7.27. The van der Waals surface area contributed by atoms with Gasteiger partial charge >= 0.3 is 6.09 Å². The van der Waals surface area contributed by atoms with E-state index < -0.39 is 6.09 Å². The summed E-state index contributed by atoms with van der Waals surface area (Å²) in [4.78, 5) is 22.3. The zero-order valence-electron chi connectivity index (χ0n) is 18.3. The molecular weight excluding hydrogens is 400 g/mol. The van der Waals surface area contributed by atoms with E-state index in [9.17, 15) is 9.90 Å². The normalized spacial score (nSPS) is 22.1. The van der Waals surface area contributed by atoms with E-state index >= 15 is 0 Å². The predicted octanol–water partition coefficient (Wildman–Crippen LogP) is 2.03. The third-order valence-electron chi connectivity index (χ3n) is 5.94. The summed E-state index contributed by atoms with van der Waals surface area (Å²) in [5.74, 6) is 0.398. The van der Waals surface area contributed by atoms with Crippen LogP contribution in [0.5, 0.6) is 5.75 Å². The van der Waals surface area contributed by atoms with Gasteiger partial charge in [-0.1, -0.05) is 0 Å². The van der Waals surface area contributed by atoms with Crippen molar-refractivity contribution in [3.05, 3.63) is 29.8 Å². The molecule has 0 aliphatic carbocycles. The minimum atomic E-state index is -1.13. The van der Waals surface area contributed by atoms with Crippen molar-refractivity contribution in [2.24, 2.45) is 0 Å². The first kappa shape index (κ1) is 23.3. The molecule has 2 aliphatic heterocycles. The molecule has 1 aromatic rings. The van der Waals surface area contributed by atoms with E-state index in [2.05, 4.69) is 9.80 Å². The first-order chi connectivity index (χ1) is 15.0. The Morgan fingerprint density at radius 3 is 2.48 bits per heavy atom. The number of benzene rings is 1. The molecule has 2 aliphatic rings. The van der Waals surface area contributed by atoms with Crippen LogP contribution in [-0.2, 0) is 9.47 Å². The lowest BCUT2D eigenvalue weighted by atomic mass is 10.1. The van der Waals surface area contributed by atoms with Crippen molar-refractivity contribution in [3.8, 4) is 11.8 Å². The molecule has 2 heterocycles. The topological polar surface area (TPSA) is 98.5 Å². The van der Waals surface area contributed by atoms with Crippen LogP contribution in [0.15, 0.2) is 24.3 Å². The molecule has 1 amide bonds. The van der Waals surface area contributed by atoms with Gasteiger partial charge in [-0.2, -0.15) is 5.26 Å². The maximum absolute atomic E-state index is 11.8. The number of rotatable bonds is 11. The first-order valence-electron chi connectivity index (χ1n) is 10.8. The smallest absolute Gasteiger partial charge is 0.441 e. The second kappa shape index (κ2) is 11.3. The molecular formula is C22H32N4O5. The van der Waals surface area contributed by atoms with Crippen molar-refractivity contribution in [3.63, 3.8) is 0 Å². The average molecular weight is 433 g/mol. The molecule has 3 rings (SSSR count). The van der Waals surface area contributed by atoms with Gasteiger partial charge in [0.05, 0.1) is 37.5 Å². The number of piperazine rings is 1. The summed E-state index contributed by atoms with van der Waals surface area (Å²) in [5.41, 5.74) is 0.501. The third kappa shape index (κ3) is 6.31. The Morgan fingerprint density at radius 1 is 1.23 bits per heavy atom. The summed E-state index contributed by atoms with van der Waals surface area (Å²) >= 11 is 0. The molecule has 0 radical (unpaired) electrons. The van der Waals surface area contributed by atoms with Crippen molar-refractivity contribution in [2.75, 3.05) is 53.1 Å². The number of methoxy groups -OCH3 is 1. The maximum Gasteiger partial charge on any atom is 0.441 e. The number of hydrogen-bond acceptors (Lipinski definition) is 7. The van der Waals surface area contributed by atoms with E-state index in [1.54, 1.807) is 31.4 Å². The fraction of sp³-hybridized carbons (Fsp3) is 0.636. The number of amides is 1. The maximum atomic E-state index is 11.8. The SMILES string of the molecule is COCCOCCN1CC2CCC(C1)N2CC(C)N(Oc1ccc(C#N)cc1)C(=O)O. The van der Waals surface area contributed by atoms with Gasteiger partial charge in [-0.25, -0.2) is 4.79 Å². The zero-order valence-corrected chi connectivity index (χ0v) is 18.3. The molecule has 1 aromatic carbocycles. The molecule has 2 fully saturated rings. The van der Waals surface area contributed by atoms with E-state index in [1.807, 2.05) is 13.0 Å². The number of fused-ring (bicyclic) bond motifs is 2. The number of hydrogen-bond donors (Lipinski definition) is 1. The van der Waals surface area contributed by atoms with Crippen LogP contribution in [0.3, 0.4) is 0 Å². The molecule has 9 heteroatoms. The molecule has 9 nitrogen and oxygen atoms in total. The van der Waals surface area contributed by atoms with Crippen LogP contribution in [0, 0.1) is 11.3 Å².